The lowest BCUT2D eigenvalue weighted by atomic mass is 9.74. The van der Waals surface area contributed by atoms with E-state index in [1.165, 1.54) is 0 Å². The molecule has 0 bridgehead atoms. The van der Waals surface area contributed by atoms with Gasteiger partial charge in [0.15, 0.2) is 0 Å². The first-order valence-electron chi connectivity index (χ1n) is 7.10. The number of ether oxygens (including phenoxy) is 1. The van der Waals surface area contributed by atoms with E-state index in [0.717, 1.165) is 37.7 Å². The van der Waals surface area contributed by atoms with Crippen molar-refractivity contribution in [1.82, 2.24) is 0 Å². The third-order valence-electron chi connectivity index (χ3n) is 4.02. The zero-order valence-corrected chi connectivity index (χ0v) is 12.1. The highest BCUT2D eigenvalue weighted by Gasteiger charge is 2.41. The number of aliphatic carboxylic acids is 1. The van der Waals surface area contributed by atoms with Gasteiger partial charge in [-0.25, -0.2) is 4.79 Å². The van der Waals surface area contributed by atoms with E-state index in [9.17, 15) is 14.7 Å². The minimum Gasteiger partial charge on any atom is -0.481 e. The molecule has 4 nitrogen and oxygen atoms in total. The Balaban J connectivity index is 3.25. The minimum atomic E-state index is -1.14. The third kappa shape index (κ3) is 3.37. The van der Waals surface area contributed by atoms with Crippen molar-refractivity contribution in [2.24, 2.45) is 5.41 Å². The molecule has 0 aliphatic heterocycles. The maximum absolute atomic E-state index is 12.2. The molecule has 0 aromatic rings. The van der Waals surface area contributed by atoms with Crippen LogP contribution in [0.2, 0.25) is 0 Å². The average Bonchev–Trinajstić information content (AvgIpc) is 2.40. The van der Waals surface area contributed by atoms with Crippen LogP contribution in [0.5, 0.6) is 0 Å². The molecule has 1 saturated carbocycles. The van der Waals surface area contributed by atoms with Crippen molar-refractivity contribution in [2.75, 3.05) is 6.61 Å². The molecule has 0 aromatic carbocycles. The van der Waals surface area contributed by atoms with Gasteiger partial charge in [0, 0.05) is 0 Å². The molecule has 19 heavy (non-hydrogen) atoms. The number of carbonyl (C=O) groups is 2. The lowest BCUT2D eigenvalue weighted by Crippen LogP contribution is -2.35. The van der Waals surface area contributed by atoms with Crippen molar-refractivity contribution >= 4 is 11.9 Å². The topological polar surface area (TPSA) is 63.6 Å². The fourth-order valence-corrected chi connectivity index (χ4v) is 2.63. The maximum atomic E-state index is 12.2. The van der Waals surface area contributed by atoms with Gasteiger partial charge in [0.1, 0.15) is 0 Å². The summed E-state index contributed by atoms with van der Waals surface area (Å²) in [6.07, 6.45) is 5.22. The molecular weight excluding hydrogens is 244 g/mol. The summed E-state index contributed by atoms with van der Waals surface area (Å²) < 4.78 is 5.10. The van der Waals surface area contributed by atoms with E-state index >= 15 is 0 Å². The molecule has 0 amide bonds. The van der Waals surface area contributed by atoms with Gasteiger partial charge in [-0.05, 0) is 46.0 Å². The van der Waals surface area contributed by atoms with Crippen molar-refractivity contribution in [1.29, 1.82) is 0 Å². The second kappa shape index (κ2) is 6.73. The van der Waals surface area contributed by atoms with Crippen LogP contribution in [-0.4, -0.2) is 23.7 Å². The number of carboxylic acids is 1. The van der Waals surface area contributed by atoms with Crippen molar-refractivity contribution in [3.05, 3.63) is 11.1 Å². The van der Waals surface area contributed by atoms with E-state index in [4.69, 9.17) is 4.74 Å². The summed E-state index contributed by atoms with van der Waals surface area (Å²) in [5.41, 5.74) is 0.236. The Hall–Kier alpha value is -1.32. The van der Waals surface area contributed by atoms with Crippen LogP contribution in [0.15, 0.2) is 11.1 Å². The first kappa shape index (κ1) is 15.7. The highest BCUT2D eigenvalue weighted by molar-refractivity contribution is 5.98. The van der Waals surface area contributed by atoms with E-state index in [0.29, 0.717) is 12.0 Å². The van der Waals surface area contributed by atoms with Gasteiger partial charge in [-0.1, -0.05) is 18.9 Å². The average molecular weight is 268 g/mol. The largest absolute Gasteiger partial charge is 0.481 e. The van der Waals surface area contributed by atoms with Crippen molar-refractivity contribution in [2.45, 2.75) is 59.3 Å². The molecular formula is C15H24O4. The second-order valence-corrected chi connectivity index (χ2v) is 5.25. The second-order valence-electron chi connectivity index (χ2n) is 5.25. The Labute approximate surface area is 114 Å². The summed E-state index contributed by atoms with van der Waals surface area (Å²) in [5.74, 6) is -1.40. The molecule has 0 saturated heterocycles. The Bertz CT molecular complexity index is 376. The summed E-state index contributed by atoms with van der Waals surface area (Å²) in [6, 6.07) is 0. The molecule has 1 unspecified atom stereocenters. The molecule has 1 aliphatic carbocycles. The molecule has 1 rings (SSSR count). The molecule has 0 spiro atoms. The van der Waals surface area contributed by atoms with Gasteiger partial charge in [-0.3, -0.25) is 4.79 Å². The monoisotopic (exact) mass is 268 g/mol. The van der Waals surface area contributed by atoms with E-state index in [-0.39, 0.29) is 6.61 Å². The predicted octanol–water partition coefficient (Wildman–Crippen LogP) is 3.31. The highest BCUT2D eigenvalue weighted by Crippen LogP contribution is 2.38. The van der Waals surface area contributed by atoms with Crippen molar-refractivity contribution < 1.29 is 19.4 Å². The molecule has 0 aromatic heterocycles. The Kier molecular flexibility index (Phi) is 5.58. The van der Waals surface area contributed by atoms with Crippen LogP contribution < -0.4 is 0 Å². The fraction of sp³-hybridized carbons (Fsp3) is 0.733. The van der Waals surface area contributed by atoms with Crippen molar-refractivity contribution in [3.8, 4) is 0 Å². The van der Waals surface area contributed by atoms with Gasteiger partial charge in [-0.15, -0.1) is 0 Å². The van der Waals surface area contributed by atoms with Crippen LogP contribution in [0.4, 0.5) is 0 Å². The first-order chi connectivity index (χ1) is 8.97. The molecule has 108 valence electrons. The normalized spacial score (nSPS) is 18.6. The lowest BCUT2D eigenvalue weighted by Gasteiger charge is -2.29. The smallest absolute Gasteiger partial charge is 0.335 e. The van der Waals surface area contributed by atoms with Gasteiger partial charge in [0.05, 0.1) is 17.6 Å². The van der Waals surface area contributed by atoms with Crippen LogP contribution in [-0.2, 0) is 14.3 Å². The van der Waals surface area contributed by atoms with E-state index in [2.05, 4.69) is 0 Å². The molecule has 1 atom stereocenters. The summed E-state index contributed by atoms with van der Waals surface area (Å²) in [5, 5.41) is 9.51. The van der Waals surface area contributed by atoms with E-state index in [1.807, 2.05) is 0 Å². The minimum absolute atomic E-state index is 0.273. The molecule has 4 heteroatoms. The number of hydrogen-bond donors (Lipinski definition) is 1. The first-order valence-corrected chi connectivity index (χ1v) is 7.10. The zero-order chi connectivity index (χ0) is 14.5. The van der Waals surface area contributed by atoms with Crippen LogP contribution in [0.3, 0.4) is 0 Å². The molecule has 1 N–H and O–H groups in total. The number of allylic oxidation sites excluding steroid dienone is 1. The molecule has 1 aliphatic rings. The number of esters is 1. The Morgan fingerprint density at radius 3 is 2.21 bits per heavy atom. The lowest BCUT2D eigenvalue weighted by molar-refractivity contribution is -0.151. The summed E-state index contributed by atoms with van der Waals surface area (Å²) in [7, 11) is 0. The summed E-state index contributed by atoms with van der Waals surface area (Å²) in [4.78, 5) is 23.8. The Morgan fingerprint density at radius 1 is 1.21 bits per heavy atom. The molecule has 0 radical (unpaired) electrons. The van der Waals surface area contributed by atoms with Crippen LogP contribution in [0.1, 0.15) is 59.3 Å². The fourth-order valence-electron chi connectivity index (χ4n) is 2.63. The van der Waals surface area contributed by atoms with Crippen LogP contribution >= 0.6 is 0 Å². The van der Waals surface area contributed by atoms with Gasteiger partial charge < -0.3 is 9.84 Å². The predicted molar refractivity (Wildman–Crippen MR) is 72.8 cm³/mol. The van der Waals surface area contributed by atoms with Gasteiger partial charge in [-0.2, -0.15) is 0 Å². The standard InChI is InChI=1S/C15H24O4/c1-4-15(3,14(17)18)12(13(16)19-5-2)11-9-7-6-8-10-11/h4-10H2,1-3H3,(H,17,18). The maximum Gasteiger partial charge on any atom is 0.335 e. The van der Waals surface area contributed by atoms with Gasteiger partial charge >= 0.3 is 11.9 Å². The van der Waals surface area contributed by atoms with E-state index in [1.54, 1.807) is 20.8 Å². The zero-order valence-electron chi connectivity index (χ0n) is 12.1. The number of hydrogen-bond acceptors (Lipinski definition) is 3. The summed E-state index contributed by atoms with van der Waals surface area (Å²) in [6.45, 7) is 5.44. The quantitative estimate of drug-likeness (QED) is 0.613. The van der Waals surface area contributed by atoms with Crippen LogP contribution in [0.25, 0.3) is 0 Å². The highest BCUT2D eigenvalue weighted by atomic mass is 16.5. The number of carbonyl (C=O) groups excluding carboxylic acids is 1. The van der Waals surface area contributed by atoms with Gasteiger partial charge in [0.2, 0.25) is 0 Å². The Morgan fingerprint density at radius 2 is 1.79 bits per heavy atom. The number of carboxylic acid groups (broad SMARTS) is 1. The van der Waals surface area contributed by atoms with Gasteiger partial charge in [0.25, 0.3) is 0 Å². The van der Waals surface area contributed by atoms with Crippen molar-refractivity contribution in [3.63, 3.8) is 0 Å². The van der Waals surface area contributed by atoms with Crippen LogP contribution in [0, 0.1) is 5.41 Å². The van der Waals surface area contributed by atoms with E-state index < -0.39 is 17.4 Å². The molecule has 0 heterocycles. The third-order valence-corrected chi connectivity index (χ3v) is 4.02. The number of rotatable bonds is 5. The summed E-state index contributed by atoms with van der Waals surface area (Å²) >= 11 is 0. The molecule has 1 fully saturated rings. The SMILES string of the molecule is CCOC(=O)C(=C1CCCCC1)C(C)(CC)C(=O)O.